The zero-order chi connectivity index (χ0) is 12.8. The Morgan fingerprint density at radius 2 is 1.78 bits per heavy atom. The molecular formula is C16H32N2. The lowest BCUT2D eigenvalue weighted by Crippen LogP contribution is -2.44. The van der Waals surface area contributed by atoms with Gasteiger partial charge in [-0.25, -0.2) is 0 Å². The van der Waals surface area contributed by atoms with Crippen LogP contribution in [0.4, 0.5) is 0 Å². The summed E-state index contributed by atoms with van der Waals surface area (Å²) in [6, 6.07) is 0.803. The van der Waals surface area contributed by atoms with E-state index < -0.39 is 0 Å². The summed E-state index contributed by atoms with van der Waals surface area (Å²) in [4.78, 5) is 2.68. The van der Waals surface area contributed by atoms with E-state index in [4.69, 9.17) is 0 Å². The Morgan fingerprint density at radius 1 is 1.00 bits per heavy atom. The van der Waals surface area contributed by atoms with Gasteiger partial charge in [-0.3, -0.25) is 4.90 Å². The van der Waals surface area contributed by atoms with Gasteiger partial charge >= 0.3 is 0 Å². The summed E-state index contributed by atoms with van der Waals surface area (Å²) in [7, 11) is 0. The number of hydrogen-bond donors (Lipinski definition) is 1. The molecule has 0 bridgehead atoms. The topological polar surface area (TPSA) is 15.3 Å². The van der Waals surface area contributed by atoms with Crippen molar-refractivity contribution in [1.29, 1.82) is 0 Å². The molecule has 2 aliphatic rings. The molecule has 0 aromatic carbocycles. The molecule has 0 aromatic rings. The number of hydrogen-bond acceptors (Lipinski definition) is 2. The summed E-state index contributed by atoms with van der Waals surface area (Å²) in [5.74, 6) is 1.87. The first-order valence-corrected chi connectivity index (χ1v) is 8.20. The molecule has 18 heavy (non-hydrogen) atoms. The first-order chi connectivity index (χ1) is 8.75. The molecule has 2 atom stereocenters. The maximum atomic E-state index is 3.70. The summed E-state index contributed by atoms with van der Waals surface area (Å²) in [5.41, 5.74) is 0. The highest BCUT2D eigenvalue weighted by Gasteiger charge is 2.22. The number of nitrogens with one attached hydrogen (secondary N) is 1. The largest absolute Gasteiger partial charge is 0.315 e. The first-order valence-electron chi connectivity index (χ1n) is 8.20. The van der Waals surface area contributed by atoms with Crippen LogP contribution < -0.4 is 5.32 Å². The minimum Gasteiger partial charge on any atom is -0.315 e. The molecule has 1 heterocycles. The third-order valence-corrected chi connectivity index (χ3v) is 4.98. The van der Waals surface area contributed by atoms with Crippen molar-refractivity contribution in [3.63, 3.8) is 0 Å². The summed E-state index contributed by atoms with van der Waals surface area (Å²) < 4.78 is 0. The molecule has 0 radical (unpaired) electrons. The SMILES string of the molecule is CC1CCC(C)N(CCNCC2CCCCC2)C1. The monoisotopic (exact) mass is 252 g/mol. The molecular weight excluding hydrogens is 220 g/mol. The minimum absolute atomic E-state index is 0.803. The zero-order valence-electron chi connectivity index (χ0n) is 12.5. The molecule has 1 aliphatic carbocycles. The lowest BCUT2D eigenvalue weighted by atomic mass is 9.89. The molecule has 2 nitrogen and oxygen atoms in total. The average Bonchev–Trinajstić information content (AvgIpc) is 2.40. The van der Waals surface area contributed by atoms with Gasteiger partial charge in [-0.1, -0.05) is 26.2 Å². The van der Waals surface area contributed by atoms with E-state index in [1.165, 1.54) is 71.1 Å². The van der Waals surface area contributed by atoms with Crippen molar-refractivity contribution in [3.8, 4) is 0 Å². The molecule has 0 amide bonds. The standard InChI is InChI=1S/C16H32N2/c1-14-8-9-15(2)18(13-14)11-10-17-12-16-6-4-3-5-7-16/h14-17H,3-13H2,1-2H3. The van der Waals surface area contributed by atoms with Crippen LogP contribution >= 0.6 is 0 Å². The van der Waals surface area contributed by atoms with Gasteiger partial charge in [0.1, 0.15) is 0 Å². The predicted molar refractivity (Wildman–Crippen MR) is 78.9 cm³/mol. The second-order valence-corrected chi connectivity index (χ2v) is 6.73. The Morgan fingerprint density at radius 3 is 2.56 bits per heavy atom. The third-order valence-electron chi connectivity index (χ3n) is 4.98. The molecule has 2 fully saturated rings. The van der Waals surface area contributed by atoms with E-state index in [-0.39, 0.29) is 0 Å². The van der Waals surface area contributed by atoms with Crippen molar-refractivity contribution >= 4 is 0 Å². The van der Waals surface area contributed by atoms with E-state index in [9.17, 15) is 0 Å². The number of nitrogens with zero attached hydrogens (tertiary/aromatic N) is 1. The van der Waals surface area contributed by atoms with Crippen LogP contribution in [-0.2, 0) is 0 Å². The van der Waals surface area contributed by atoms with Crippen LogP contribution in [0.3, 0.4) is 0 Å². The Balaban J connectivity index is 1.56. The highest BCUT2D eigenvalue weighted by atomic mass is 15.2. The fraction of sp³-hybridized carbons (Fsp3) is 1.00. The Labute approximate surface area is 114 Å². The molecule has 1 aliphatic heterocycles. The van der Waals surface area contributed by atoms with E-state index in [0.29, 0.717) is 0 Å². The van der Waals surface area contributed by atoms with E-state index in [1.807, 2.05) is 0 Å². The van der Waals surface area contributed by atoms with Crippen molar-refractivity contribution in [2.24, 2.45) is 11.8 Å². The van der Waals surface area contributed by atoms with Gasteiger partial charge in [-0.2, -0.15) is 0 Å². The molecule has 2 heteroatoms. The average molecular weight is 252 g/mol. The van der Waals surface area contributed by atoms with Gasteiger partial charge < -0.3 is 5.32 Å². The molecule has 2 unspecified atom stereocenters. The molecule has 106 valence electrons. The van der Waals surface area contributed by atoms with Crippen molar-refractivity contribution in [3.05, 3.63) is 0 Å². The van der Waals surface area contributed by atoms with Gasteiger partial charge in [0.2, 0.25) is 0 Å². The normalized spacial score (nSPS) is 31.7. The molecule has 1 N–H and O–H groups in total. The zero-order valence-corrected chi connectivity index (χ0v) is 12.5. The second kappa shape index (κ2) is 7.49. The van der Waals surface area contributed by atoms with Crippen LogP contribution in [0.5, 0.6) is 0 Å². The van der Waals surface area contributed by atoms with Gasteiger partial charge in [0.15, 0.2) is 0 Å². The third kappa shape index (κ3) is 4.55. The summed E-state index contributed by atoms with van der Waals surface area (Å²) in [6.45, 7) is 9.80. The van der Waals surface area contributed by atoms with Gasteiger partial charge in [0.05, 0.1) is 0 Å². The maximum absolute atomic E-state index is 3.70. The van der Waals surface area contributed by atoms with Crippen LogP contribution in [0.15, 0.2) is 0 Å². The summed E-state index contributed by atoms with van der Waals surface area (Å²) in [6.07, 6.45) is 10.1. The van der Waals surface area contributed by atoms with E-state index in [2.05, 4.69) is 24.1 Å². The molecule has 2 rings (SSSR count). The van der Waals surface area contributed by atoms with Crippen LogP contribution in [0.2, 0.25) is 0 Å². The molecule has 1 saturated carbocycles. The fourth-order valence-corrected chi connectivity index (χ4v) is 3.61. The molecule has 0 aromatic heterocycles. The number of likely N-dealkylation sites (tertiary alicyclic amines) is 1. The van der Waals surface area contributed by atoms with E-state index in [1.54, 1.807) is 0 Å². The van der Waals surface area contributed by atoms with Crippen LogP contribution in [0.1, 0.15) is 58.8 Å². The Kier molecular flexibility index (Phi) is 5.97. The fourth-order valence-electron chi connectivity index (χ4n) is 3.61. The Bertz CT molecular complexity index is 223. The van der Waals surface area contributed by atoms with Gasteiger partial charge in [-0.05, 0) is 51.0 Å². The van der Waals surface area contributed by atoms with Crippen LogP contribution in [0, 0.1) is 11.8 Å². The minimum atomic E-state index is 0.803. The van der Waals surface area contributed by atoms with Crippen molar-refractivity contribution in [1.82, 2.24) is 10.2 Å². The smallest absolute Gasteiger partial charge is 0.0110 e. The van der Waals surface area contributed by atoms with E-state index in [0.717, 1.165) is 17.9 Å². The predicted octanol–water partition coefficient (Wildman–Crippen LogP) is 3.28. The van der Waals surface area contributed by atoms with Crippen molar-refractivity contribution in [2.75, 3.05) is 26.2 Å². The lowest BCUT2D eigenvalue weighted by Gasteiger charge is -2.37. The Hall–Kier alpha value is -0.0800. The van der Waals surface area contributed by atoms with Crippen LogP contribution in [0.25, 0.3) is 0 Å². The van der Waals surface area contributed by atoms with Gasteiger partial charge in [0, 0.05) is 25.7 Å². The summed E-state index contributed by atoms with van der Waals surface area (Å²) >= 11 is 0. The lowest BCUT2D eigenvalue weighted by molar-refractivity contribution is 0.125. The first kappa shape index (κ1) is 14.3. The van der Waals surface area contributed by atoms with Gasteiger partial charge in [0.25, 0.3) is 0 Å². The highest BCUT2D eigenvalue weighted by molar-refractivity contribution is 4.77. The van der Waals surface area contributed by atoms with Crippen molar-refractivity contribution < 1.29 is 0 Å². The van der Waals surface area contributed by atoms with Crippen LogP contribution in [-0.4, -0.2) is 37.1 Å². The van der Waals surface area contributed by atoms with Gasteiger partial charge in [-0.15, -0.1) is 0 Å². The number of rotatable bonds is 5. The quantitative estimate of drug-likeness (QED) is 0.755. The van der Waals surface area contributed by atoms with Crippen molar-refractivity contribution in [2.45, 2.75) is 64.8 Å². The molecule has 0 spiro atoms. The summed E-state index contributed by atoms with van der Waals surface area (Å²) in [5, 5.41) is 3.70. The second-order valence-electron chi connectivity index (χ2n) is 6.73. The van der Waals surface area contributed by atoms with E-state index >= 15 is 0 Å². The highest BCUT2D eigenvalue weighted by Crippen LogP contribution is 2.23. The maximum Gasteiger partial charge on any atom is 0.0110 e. The number of piperidine rings is 1. The molecule has 1 saturated heterocycles.